The molecule has 0 radical (unpaired) electrons. The van der Waals surface area contributed by atoms with Crippen molar-refractivity contribution < 1.29 is 13.3 Å². The van der Waals surface area contributed by atoms with E-state index in [1.54, 1.807) is 36.4 Å². The molecule has 2 aromatic carbocycles. The Kier molecular flexibility index (Phi) is 6.05. The van der Waals surface area contributed by atoms with Gasteiger partial charge in [-0.2, -0.15) is 0 Å². The van der Waals surface area contributed by atoms with Crippen molar-refractivity contribution in [2.45, 2.75) is 10.6 Å². The molecule has 0 saturated heterocycles. The second kappa shape index (κ2) is 8.61. The van der Waals surface area contributed by atoms with Crippen molar-refractivity contribution in [1.29, 1.82) is 0 Å². The first-order valence-electron chi connectivity index (χ1n) is 8.81. The van der Waals surface area contributed by atoms with Crippen molar-refractivity contribution in [1.82, 2.24) is 9.38 Å². The van der Waals surface area contributed by atoms with Crippen molar-refractivity contribution in [2.75, 3.05) is 0 Å². The third-order valence-corrected chi connectivity index (χ3v) is 8.60. The summed E-state index contributed by atoms with van der Waals surface area (Å²) < 4.78 is 28.5. The fourth-order valence-electron chi connectivity index (χ4n) is 3.00. The van der Waals surface area contributed by atoms with Crippen LogP contribution in [0.1, 0.15) is 5.69 Å². The molecule has 0 aliphatic rings. The molecule has 0 bridgehead atoms. The first-order valence-corrected chi connectivity index (χ1v) is 12.9. The summed E-state index contributed by atoms with van der Waals surface area (Å²) in [5, 5.41) is 12.7. The van der Waals surface area contributed by atoms with Crippen LogP contribution >= 0.6 is 23.2 Å². The number of aromatic nitrogens is 2. The summed E-state index contributed by atoms with van der Waals surface area (Å²) in [6.07, 6.45) is 1.38. The van der Waals surface area contributed by atoms with Crippen molar-refractivity contribution in [3.05, 3.63) is 92.7 Å². The summed E-state index contributed by atoms with van der Waals surface area (Å²) in [5.41, 5.74) is 0.175. The van der Waals surface area contributed by atoms with Crippen LogP contribution in [0.25, 0.3) is 5.65 Å². The van der Waals surface area contributed by atoms with Crippen molar-refractivity contribution >= 4 is 68.4 Å². The average molecular weight is 541 g/mol. The van der Waals surface area contributed by atoms with Crippen LogP contribution in [0.2, 0.25) is 10.0 Å². The van der Waals surface area contributed by atoms with Gasteiger partial charge < -0.3 is 0 Å². The van der Waals surface area contributed by atoms with E-state index >= 15 is 0 Å². The normalized spacial score (nSPS) is 11.7. The number of nitro groups is 1. The molecule has 158 valence electrons. The Morgan fingerprint density at radius 1 is 1.03 bits per heavy atom. The number of hydrogen-bond acceptors (Lipinski definition) is 5. The Balaban J connectivity index is 1.84. The summed E-state index contributed by atoms with van der Waals surface area (Å²) in [4.78, 5) is 15.6. The third-order valence-electron chi connectivity index (χ3n) is 4.34. The van der Waals surface area contributed by atoms with Crippen LogP contribution in [0.5, 0.6) is 0 Å². The number of sulfone groups is 1. The standard InChI is InChI=1S/C20H13Cl2N3O4SSe/c21-13-6-8-16(9-7-13)31-18-10-14(22)11-24-19(18)23-17(20(24)25(26)27)12-30(28,29)15-4-2-1-3-5-15/h1-11H,12H2. The molecule has 0 spiro atoms. The molecule has 0 saturated carbocycles. The molecule has 7 nitrogen and oxygen atoms in total. The zero-order valence-electron chi connectivity index (χ0n) is 15.6. The molecular formula is C20H13Cl2N3O4SSe. The van der Waals surface area contributed by atoms with E-state index in [9.17, 15) is 18.5 Å². The Hall–Kier alpha value is -2.42. The molecular weight excluding hydrogens is 528 g/mol. The number of benzene rings is 2. The van der Waals surface area contributed by atoms with E-state index in [0.717, 1.165) is 4.46 Å². The summed E-state index contributed by atoms with van der Waals surface area (Å²) in [7, 11) is -3.83. The van der Waals surface area contributed by atoms with E-state index in [1.165, 1.54) is 22.7 Å². The van der Waals surface area contributed by atoms with E-state index in [2.05, 4.69) is 4.98 Å². The molecule has 31 heavy (non-hydrogen) atoms. The fraction of sp³-hybridized carbons (Fsp3) is 0.0500. The summed E-state index contributed by atoms with van der Waals surface area (Å²) in [6, 6.07) is 16.7. The van der Waals surface area contributed by atoms with Crippen LogP contribution in [0.4, 0.5) is 5.82 Å². The molecule has 0 atom stereocenters. The number of hydrogen-bond donors (Lipinski definition) is 0. The van der Waals surface area contributed by atoms with Gasteiger partial charge in [-0.15, -0.1) is 0 Å². The second-order valence-electron chi connectivity index (χ2n) is 6.48. The van der Waals surface area contributed by atoms with Gasteiger partial charge in [-0.3, -0.25) is 0 Å². The minimum atomic E-state index is -3.83. The van der Waals surface area contributed by atoms with Gasteiger partial charge in [0.15, 0.2) is 0 Å². The number of fused-ring (bicyclic) bond motifs is 1. The summed E-state index contributed by atoms with van der Waals surface area (Å²) in [6.45, 7) is 0. The second-order valence-corrected chi connectivity index (χ2v) is 11.7. The van der Waals surface area contributed by atoms with E-state index < -0.39 is 26.3 Å². The molecule has 0 aliphatic carbocycles. The molecule has 4 rings (SSSR count). The van der Waals surface area contributed by atoms with E-state index in [-0.39, 0.29) is 30.6 Å². The Morgan fingerprint density at radius 2 is 1.71 bits per heavy atom. The van der Waals surface area contributed by atoms with Gasteiger partial charge in [0.25, 0.3) is 0 Å². The van der Waals surface area contributed by atoms with Gasteiger partial charge in [0.1, 0.15) is 0 Å². The molecule has 0 fully saturated rings. The Bertz CT molecular complexity index is 1390. The quantitative estimate of drug-likeness (QED) is 0.213. The molecule has 0 unspecified atom stereocenters. The van der Waals surface area contributed by atoms with Gasteiger partial charge in [0, 0.05) is 0 Å². The predicted octanol–water partition coefficient (Wildman–Crippen LogP) is 3.18. The van der Waals surface area contributed by atoms with Crippen LogP contribution in [0.15, 0.2) is 71.8 Å². The van der Waals surface area contributed by atoms with Crippen LogP contribution in [-0.4, -0.2) is 37.7 Å². The average Bonchev–Trinajstić information content (AvgIpc) is 3.07. The molecule has 2 heterocycles. The number of rotatable bonds is 6. The molecule has 2 aromatic heterocycles. The molecule has 0 amide bonds. The van der Waals surface area contributed by atoms with Gasteiger partial charge in [-0.05, 0) is 0 Å². The number of pyridine rings is 1. The van der Waals surface area contributed by atoms with Crippen LogP contribution in [0, 0.1) is 10.1 Å². The van der Waals surface area contributed by atoms with Crippen LogP contribution in [-0.2, 0) is 15.6 Å². The Labute approximate surface area is 193 Å². The monoisotopic (exact) mass is 541 g/mol. The van der Waals surface area contributed by atoms with Gasteiger partial charge in [-0.25, -0.2) is 0 Å². The zero-order chi connectivity index (χ0) is 22.2. The molecule has 4 aromatic rings. The van der Waals surface area contributed by atoms with Gasteiger partial charge in [0.05, 0.1) is 0 Å². The van der Waals surface area contributed by atoms with E-state index in [4.69, 9.17) is 23.2 Å². The van der Waals surface area contributed by atoms with Crippen LogP contribution in [0.3, 0.4) is 0 Å². The van der Waals surface area contributed by atoms with E-state index in [1.807, 2.05) is 12.1 Å². The van der Waals surface area contributed by atoms with Gasteiger partial charge in [-0.1, -0.05) is 0 Å². The first kappa shape index (κ1) is 21.8. The molecule has 11 heteroatoms. The number of imidazole rings is 1. The predicted molar refractivity (Wildman–Crippen MR) is 121 cm³/mol. The van der Waals surface area contributed by atoms with Crippen molar-refractivity contribution in [2.24, 2.45) is 0 Å². The van der Waals surface area contributed by atoms with Gasteiger partial charge >= 0.3 is 194 Å². The SMILES string of the molecule is O=[N+]([O-])c1c(CS(=O)(=O)c2ccccc2)nc2c([Se]c3ccc(Cl)cc3)cc(Cl)cn12. The minimum absolute atomic E-state index is 0.0741. The maximum absolute atomic E-state index is 12.8. The summed E-state index contributed by atoms with van der Waals surface area (Å²) in [5.74, 6) is -1.01. The van der Waals surface area contributed by atoms with Crippen LogP contribution < -0.4 is 8.92 Å². The van der Waals surface area contributed by atoms with Crippen molar-refractivity contribution in [3.63, 3.8) is 0 Å². The zero-order valence-corrected chi connectivity index (χ0v) is 19.6. The summed E-state index contributed by atoms with van der Waals surface area (Å²) >= 11 is 11.9. The fourth-order valence-corrected chi connectivity index (χ4v) is 6.76. The number of nitrogens with zero attached hydrogens (tertiary/aromatic N) is 3. The third kappa shape index (κ3) is 4.61. The van der Waals surface area contributed by atoms with Crippen molar-refractivity contribution in [3.8, 4) is 0 Å². The van der Waals surface area contributed by atoms with E-state index in [0.29, 0.717) is 15.1 Å². The molecule has 0 aliphatic heterocycles. The molecule has 0 N–H and O–H groups in total. The maximum atomic E-state index is 12.8. The topological polar surface area (TPSA) is 94.6 Å². The first-order chi connectivity index (χ1) is 14.7. The van der Waals surface area contributed by atoms with Gasteiger partial charge in [0.2, 0.25) is 0 Å². The Morgan fingerprint density at radius 3 is 2.35 bits per heavy atom. The number of halogens is 2.